The molecule has 0 saturated heterocycles. The van der Waals surface area contributed by atoms with Crippen molar-refractivity contribution in [3.05, 3.63) is 0 Å². The normalized spacial score (nSPS) is 30.7. The Morgan fingerprint density at radius 2 is 1.94 bits per heavy atom. The van der Waals surface area contributed by atoms with E-state index >= 15 is 0 Å². The number of hydrogen-bond donors (Lipinski definition) is 1. The van der Waals surface area contributed by atoms with Crippen LogP contribution in [0.5, 0.6) is 0 Å². The van der Waals surface area contributed by atoms with Crippen LogP contribution in [0.3, 0.4) is 0 Å². The molecule has 1 rings (SSSR count). The molecule has 18 heavy (non-hydrogen) atoms. The number of methoxy groups -OCH3 is 2. The Hall–Kier alpha value is -0.160. The summed E-state index contributed by atoms with van der Waals surface area (Å²) in [6, 6.07) is 0.419. The van der Waals surface area contributed by atoms with Crippen LogP contribution in [0.15, 0.2) is 0 Å². The van der Waals surface area contributed by atoms with E-state index in [1.165, 1.54) is 0 Å². The van der Waals surface area contributed by atoms with Gasteiger partial charge in [-0.25, -0.2) is 0 Å². The fourth-order valence-corrected chi connectivity index (χ4v) is 3.42. The van der Waals surface area contributed by atoms with Crippen LogP contribution < -0.4 is 5.73 Å². The molecule has 1 aliphatic rings. The molecule has 4 heteroatoms. The molecule has 0 radical (unpaired) electrons. The van der Waals surface area contributed by atoms with E-state index in [0.29, 0.717) is 12.1 Å². The SMILES string of the molecule is CCN(C(C)COC)C1(CN)CCC(OC)CC1. The van der Waals surface area contributed by atoms with E-state index < -0.39 is 0 Å². The van der Waals surface area contributed by atoms with Gasteiger partial charge in [-0.15, -0.1) is 0 Å². The van der Waals surface area contributed by atoms with E-state index in [-0.39, 0.29) is 5.54 Å². The van der Waals surface area contributed by atoms with Crippen LogP contribution in [0.1, 0.15) is 39.5 Å². The van der Waals surface area contributed by atoms with Crippen LogP contribution in [0.4, 0.5) is 0 Å². The Kier molecular flexibility index (Phi) is 6.57. The first-order valence-corrected chi connectivity index (χ1v) is 7.12. The van der Waals surface area contributed by atoms with Crippen LogP contribution in [0, 0.1) is 0 Å². The molecule has 0 aliphatic heterocycles. The van der Waals surface area contributed by atoms with Gasteiger partial charge < -0.3 is 15.2 Å². The highest BCUT2D eigenvalue weighted by atomic mass is 16.5. The standard InChI is InChI=1S/C14H30N2O2/c1-5-16(12(2)10-17-3)14(11-15)8-6-13(18-4)7-9-14/h12-13H,5-11,15H2,1-4H3. The average molecular weight is 258 g/mol. The number of ether oxygens (including phenoxy) is 2. The second-order valence-corrected chi connectivity index (χ2v) is 5.45. The Morgan fingerprint density at radius 3 is 2.33 bits per heavy atom. The zero-order valence-electron chi connectivity index (χ0n) is 12.4. The minimum Gasteiger partial charge on any atom is -0.383 e. The van der Waals surface area contributed by atoms with E-state index in [1.807, 2.05) is 7.11 Å². The summed E-state index contributed by atoms with van der Waals surface area (Å²) in [4.78, 5) is 2.53. The van der Waals surface area contributed by atoms with E-state index in [9.17, 15) is 0 Å². The van der Waals surface area contributed by atoms with Crippen LogP contribution in [0.25, 0.3) is 0 Å². The molecule has 4 nitrogen and oxygen atoms in total. The van der Waals surface area contributed by atoms with Crippen LogP contribution in [-0.2, 0) is 9.47 Å². The molecule has 1 unspecified atom stereocenters. The summed E-state index contributed by atoms with van der Waals surface area (Å²) in [6.07, 6.45) is 4.91. The third-order valence-corrected chi connectivity index (χ3v) is 4.47. The van der Waals surface area contributed by atoms with Crippen molar-refractivity contribution in [3.63, 3.8) is 0 Å². The number of rotatable bonds is 7. The minimum atomic E-state index is 0.141. The predicted molar refractivity (Wildman–Crippen MR) is 74.8 cm³/mol. The number of nitrogens with zero attached hydrogens (tertiary/aromatic N) is 1. The van der Waals surface area contributed by atoms with Gasteiger partial charge in [-0.05, 0) is 39.2 Å². The molecule has 0 heterocycles. The van der Waals surface area contributed by atoms with Gasteiger partial charge in [-0.3, -0.25) is 4.90 Å². The van der Waals surface area contributed by atoms with Crippen LogP contribution >= 0.6 is 0 Å². The number of likely N-dealkylation sites (N-methyl/N-ethyl adjacent to an activating group) is 1. The summed E-state index contributed by atoms with van der Waals surface area (Å²) >= 11 is 0. The van der Waals surface area contributed by atoms with Crippen molar-refractivity contribution in [2.24, 2.45) is 5.73 Å². The van der Waals surface area contributed by atoms with E-state index in [4.69, 9.17) is 15.2 Å². The maximum Gasteiger partial charge on any atom is 0.0615 e. The molecule has 0 aromatic carbocycles. The summed E-state index contributed by atoms with van der Waals surface area (Å²) in [5, 5.41) is 0. The molecule has 2 N–H and O–H groups in total. The number of hydrogen-bond acceptors (Lipinski definition) is 4. The first kappa shape index (κ1) is 15.9. The summed E-state index contributed by atoms with van der Waals surface area (Å²) in [5.74, 6) is 0. The third kappa shape index (κ3) is 3.44. The molecule has 1 saturated carbocycles. The van der Waals surface area contributed by atoms with Crippen molar-refractivity contribution < 1.29 is 9.47 Å². The predicted octanol–water partition coefficient (Wildman–Crippen LogP) is 1.63. The lowest BCUT2D eigenvalue weighted by atomic mass is 9.78. The second kappa shape index (κ2) is 7.43. The van der Waals surface area contributed by atoms with Crippen LogP contribution in [-0.4, -0.2) is 56.5 Å². The average Bonchev–Trinajstić information content (AvgIpc) is 2.40. The maximum atomic E-state index is 6.11. The summed E-state index contributed by atoms with van der Waals surface area (Å²) in [5.41, 5.74) is 6.25. The minimum absolute atomic E-state index is 0.141. The van der Waals surface area contributed by atoms with Gasteiger partial charge in [0.1, 0.15) is 0 Å². The number of nitrogens with two attached hydrogens (primary N) is 1. The van der Waals surface area contributed by atoms with E-state index in [0.717, 1.165) is 45.4 Å². The van der Waals surface area contributed by atoms with Gasteiger partial charge in [0.2, 0.25) is 0 Å². The Labute approximate surface area is 112 Å². The fraction of sp³-hybridized carbons (Fsp3) is 1.00. The summed E-state index contributed by atoms with van der Waals surface area (Å²) < 4.78 is 10.8. The molecule has 0 bridgehead atoms. The zero-order chi connectivity index (χ0) is 13.6. The smallest absolute Gasteiger partial charge is 0.0615 e. The monoisotopic (exact) mass is 258 g/mol. The Morgan fingerprint density at radius 1 is 1.33 bits per heavy atom. The maximum absolute atomic E-state index is 6.11. The van der Waals surface area contributed by atoms with Crippen molar-refractivity contribution in [1.82, 2.24) is 4.90 Å². The first-order chi connectivity index (χ1) is 8.63. The molecule has 108 valence electrons. The molecule has 0 aromatic rings. The van der Waals surface area contributed by atoms with Crippen LogP contribution in [0.2, 0.25) is 0 Å². The van der Waals surface area contributed by atoms with E-state index in [2.05, 4.69) is 18.7 Å². The molecule has 1 atom stereocenters. The van der Waals surface area contributed by atoms with Gasteiger partial charge in [0.15, 0.2) is 0 Å². The molecular formula is C14H30N2O2. The van der Waals surface area contributed by atoms with Crippen molar-refractivity contribution in [3.8, 4) is 0 Å². The zero-order valence-corrected chi connectivity index (χ0v) is 12.4. The molecule has 0 aromatic heterocycles. The van der Waals surface area contributed by atoms with Gasteiger partial charge in [0.25, 0.3) is 0 Å². The topological polar surface area (TPSA) is 47.7 Å². The quantitative estimate of drug-likeness (QED) is 0.754. The molecule has 0 amide bonds. The van der Waals surface area contributed by atoms with Crippen molar-refractivity contribution in [2.75, 3.05) is 33.9 Å². The lowest BCUT2D eigenvalue weighted by Gasteiger charge is -2.49. The highest BCUT2D eigenvalue weighted by Gasteiger charge is 2.40. The summed E-state index contributed by atoms with van der Waals surface area (Å²) in [7, 11) is 3.58. The fourth-order valence-electron chi connectivity index (χ4n) is 3.42. The molecule has 1 aliphatic carbocycles. The van der Waals surface area contributed by atoms with E-state index in [1.54, 1.807) is 7.11 Å². The van der Waals surface area contributed by atoms with Gasteiger partial charge in [0.05, 0.1) is 12.7 Å². The Bertz CT molecular complexity index is 228. The van der Waals surface area contributed by atoms with Gasteiger partial charge in [-0.1, -0.05) is 6.92 Å². The van der Waals surface area contributed by atoms with Gasteiger partial charge in [-0.2, -0.15) is 0 Å². The lowest BCUT2D eigenvalue weighted by Crippen LogP contribution is -2.59. The Balaban J connectivity index is 2.73. The first-order valence-electron chi connectivity index (χ1n) is 7.12. The molecular weight excluding hydrogens is 228 g/mol. The van der Waals surface area contributed by atoms with Crippen molar-refractivity contribution in [2.45, 2.75) is 57.2 Å². The third-order valence-electron chi connectivity index (χ3n) is 4.47. The summed E-state index contributed by atoms with van der Waals surface area (Å²) in [6.45, 7) is 6.97. The lowest BCUT2D eigenvalue weighted by molar-refractivity contribution is -0.0348. The van der Waals surface area contributed by atoms with Gasteiger partial charge in [0, 0.05) is 32.3 Å². The van der Waals surface area contributed by atoms with Crippen molar-refractivity contribution in [1.29, 1.82) is 0 Å². The van der Waals surface area contributed by atoms with Gasteiger partial charge >= 0.3 is 0 Å². The molecule has 1 fully saturated rings. The second-order valence-electron chi connectivity index (χ2n) is 5.45. The highest BCUT2D eigenvalue weighted by Crippen LogP contribution is 2.35. The highest BCUT2D eigenvalue weighted by molar-refractivity contribution is 4.97. The van der Waals surface area contributed by atoms with Crippen molar-refractivity contribution >= 4 is 0 Å². The molecule has 0 spiro atoms. The largest absolute Gasteiger partial charge is 0.383 e.